The minimum Gasteiger partial charge on any atom is -0.456 e. The van der Waals surface area contributed by atoms with Crippen LogP contribution in [0.3, 0.4) is 0 Å². The topological polar surface area (TPSA) is 65.3 Å². The first-order valence-corrected chi connectivity index (χ1v) is 10.8. The van der Waals surface area contributed by atoms with E-state index >= 15 is 0 Å². The number of thiophene rings is 1. The molecule has 0 radical (unpaired) electrons. The number of rotatable bonds is 4. The molecule has 0 spiro atoms. The molecule has 0 fully saturated rings. The van der Waals surface area contributed by atoms with Gasteiger partial charge in [0.15, 0.2) is 0 Å². The van der Waals surface area contributed by atoms with Crippen LogP contribution in [0.25, 0.3) is 20.7 Å². The van der Waals surface area contributed by atoms with E-state index in [2.05, 4.69) is 31.0 Å². The molecule has 0 bridgehead atoms. The van der Waals surface area contributed by atoms with Crippen LogP contribution in [0.15, 0.2) is 72.9 Å². The van der Waals surface area contributed by atoms with Crippen molar-refractivity contribution in [3.05, 3.63) is 83.0 Å². The van der Waals surface area contributed by atoms with Crippen LogP contribution in [0.5, 0.6) is 11.5 Å². The third-order valence-corrected chi connectivity index (χ3v) is 4.90. The second-order valence-electron chi connectivity index (χ2n) is 6.06. The number of hydrogen-bond acceptors (Lipinski definition) is 5. The molecule has 6 heteroatoms. The Balaban J connectivity index is 0.000000590. The largest absolute Gasteiger partial charge is 0.456 e. The zero-order valence-corrected chi connectivity index (χ0v) is 18.5. The van der Waals surface area contributed by atoms with Crippen LogP contribution in [0.4, 0.5) is 5.69 Å². The van der Waals surface area contributed by atoms with E-state index in [1.807, 2.05) is 38.1 Å². The van der Waals surface area contributed by atoms with Gasteiger partial charge in [0.25, 0.3) is 5.69 Å². The Labute approximate surface area is 181 Å². The number of nitrogens with zero attached hydrogens (tertiary/aromatic N) is 2. The Bertz CT molecular complexity index is 1060. The molecule has 2 aromatic heterocycles. The highest BCUT2D eigenvalue weighted by Crippen LogP contribution is 2.39. The summed E-state index contributed by atoms with van der Waals surface area (Å²) in [5, 5.41) is 10.7. The molecule has 0 atom stereocenters. The molecule has 0 saturated heterocycles. The highest BCUT2D eigenvalue weighted by atomic mass is 32.1. The van der Waals surface area contributed by atoms with Gasteiger partial charge >= 0.3 is 0 Å². The van der Waals surface area contributed by atoms with Gasteiger partial charge in [0, 0.05) is 29.3 Å². The van der Waals surface area contributed by atoms with Crippen LogP contribution in [0.2, 0.25) is 0 Å². The number of ether oxygens (including phenoxy) is 1. The van der Waals surface area contributed by atoms with E-state index in [-0.39, 0.29) is 5.69 Å². The van der Waals surface area contributed by atoms with Crippen molar-refractivity contribution >= 4 is 27.2 Å². The maximum absolute atomic E-state index is 10.7. The summed E-state index contributed by atoms with van der Waals surface area (Å²) in [5.41, 5.74) is 2.03. The Morgan fingerprint density at radius 2 is 1.63 bits per heavy atom. The van der Waals surface area contributed by atoms with Crippen LogP contribution in [-0.2, 0) is 0 Å². The molecule has 0 N–H and O–H groups in total. The number of aromatic nitrogens is 1. The van der Waals surface area contributed by atoms with Crippen molar-refractivity contribution in [3.8, 4) is 21.9 Å². The summed E-state index contributed by atoms with van der Waals surface area (Å²) in [6.45, 7) is 8.25. The fraction of sp³-hybridized carbons (Fsp3) is 0.208. The van der Waals surface area contributed by atoms with Gasteiger partial charge in [0.05, 0.1) is 15.1 Å². The molecular formula is C24H26N2O3S. The van der Waals surface area contributed by atoms with Gasteiger partial charge in [-0.25, -0.2) is 0 Å². The van der Waals surface area contributed by atoms with Crippen molar-refractivity contribution in [2.45, 2.75) is 34.1 Å². The van der Waals surface area contributed by atoms with E-state index in [0.29, 0.717) is 11.5 Å². The van der Waals surface area contributed by atoms with E-state index in [0.717, 1.165) is 20.7 Å². The van der Waals surface area contributed by atoms with Gasteiger partial charge in [0.2, 0.25) is 0 Å². The lowest BCUT2D eigenvalue weighted by Gasteiger charge is -2.05. The maximum atomic E-state index is 10.7. The average molecular weight is 423 g/mol. The molecule has 30 heavy (non-hydrogen) atoms. The van der Waals surface area contributed by atoms with Gasteiger partial charge in [-0.05, 0) is 23.8 Å². The second kappa shape index (κ2) is 11.7. The van der Waals surface area contributed by atoms with Crippen molar-refractivity contribution in [3.63, 3.8) is 0 Å². The molecule has 0 amide bonds. The van der Waals surface area contributed by atoms with Gasteiger partial charge < -0.3 is 4.74 Å². The monoisotopic (exact) mass is 422 g/mol. The smallest absolute Gasteiger partial charge is 0.269 e. The lowest BCUT2D eigenvalue weighted by molar-refractivity contribution is -0.384. The standard InChI is InChI=1S/C19H12N2O3S.C3H8.C2H6/c22-21(23)14-6-8-15(9-7-14)24-17-10-11-20-16-12-18(25-19(16)17)13-4-2-1-3-5-13;1-3-2;1-2/h1-12H;3H2,1-2H3;1-2H3. The van der Waals surface area contributed by atoms with E-state index in [1.165, 1.54) is 18.6 Å². The third kappa shape index (κ3) is 5.87. The number of pyridine rings is 1. The highest BCUT2D eigenvalue weighted by molar-refractivity contribution is 7.22. The zero-order chi connectivity index (χ0) is 21.9. The average Bonchev–Trinajstić information content (AvgIpc) is 3.22. The van der Waals surface area contributed by atoms with Gasteiger partial charge in [-0.15, -0.1) is 11.3 Å². The van der Waals surface area contributed by atoms with Crippen molar-refractivity contribution in [1.29, 1.82) is 0 Å². The number of nitro groups is 1. The van der Waals surface area contributed by atoms with E-state index in [9.17, 15) is 10.1 Å². The molecule has 0 aliphatic heterocycles. The number of hydrogen-bond donors (Lipinski definition) is 0. The lowest BCUT2D eigenvalue weighted by atomic mass is 10.2. The van der Waals surface area contributed by atoms with Crippen molar-refractivity contribution < 1.29 is 9.66 Å². The minimum atomic E-state index is -0.431. The molecule has 156 valence electrons. The van der Waals surface area contributed by atoms with Gasteiger partial charge in [-0.2, -0.15) is 0 Å². The number of non-ortho nitro benzene ring substituents is 1. The normalized spacial score (nSPS) is 9.73. The van der Waals surface area contributed by atoms with Gasteiger partial charge in [0.1, 0.15) is 11.5 Å². The molecule has 2 heterocycles. The summed E-state index contributed by atoms with van der Waals surface area (Å²) in [6, 6.07) is 20.0. The summed E-state index contributed by atoms with van der Waals surface area (Å²) in [7, 11) is 0. The summed E-state index contributed by atoms with van der Waals surface area (Å²) >= 11 is 1.61. The van der Waals surface area contributed by atoms with E-state index < -0.39 is 4.92 Å². The van der Waals surface area contributed by atoms with Crippen molar-refractivity contribution in [1.82, 2.24) is 4.98 Å². The summed E-state index contributed by atoms with van der Waals surface area (Å²) in [6.07, 6.45) is 2.95. The number of nitro benzene ring substituents is 1. The van der Waals surface area contributed by atoms with Crippen molar-refractivity contribution in [2.24, 2.45) is 0 Å². The predicted octanol–water partition coefficient (Wildman–Crippen LogP) is 8.11. The first kappa shape index (κ1) is 23.0. The first-order valence-electron chi connectivity index (χ1n) is 9.98. The molecule has 0 aliphatic carbocycles. The fourth-order valence-electron chi connectivity index (χ4n) is 2.50. The summed E-state index contributed by atoms with van der Waals surface area (Å²) < 4.78 is 6.87. The summed E-state index contributed by atoms with van der Waals surface area (Å²) in [4.78, 5) is 15.8. The van der Waals surface area contributed by atoms with Crippen LogP contribution < -0.4 is 4.74 Å². The van der Waals surface area contributed by atoms with Crippen LogP contribution in [-0.4, -0.2) is 9.91 Å². The van der Waals surface area contributed by atoms with Crippen LogP contribution >= 0.6 is 11.3 Å². The highest BCUT2D eigenvalue weighted by Gasteiger charge is 2.11. The fourth-order valence-corrected chi connectivity index (χ4v) is 3.57. The lowest BCUT2D eigenvalue weighted by Crippen LogP contribution is -1.88. The molecule has 0 aliphatic rings. The molecule has 2 aromatic carbocycles. The third-order valence-electron chi connectivity index (χ3n) is 3.71. The minimum absolute atomic E-state index is 0.0368. The van der Waals surface area contributed by atoms with Gasteiger partial charge in [-0.1, -0.05) is 64.4 Å². The molecule has 5 nitrogen and oxygen atoms in total. The van der Waals surface area contributed by atoms with E-state index in [4.69, 9.17) is 4.74 Å². The maximum Gasteiger partial charge on any atom is 0.269 e. The second-order valence-corrected chi connectivity index (χ2v) is 7.11. The van der Waals surface area contributed by atoms with E-state index in [1.54, 1.807) is 35.7 Å². The molecule has 0 unspecified atom stereocenters. The Morgan fingerprint density at radius 3 is 2.23 bits per heavy atom. The number of benzene rings is 2. The first-order chi connectivity index (χ1) is 14.6. The Morgan fingerprint density at radius 1 is 1.00 bits per heavy atom. The zero-order valence-electron chi connectivity index (χ0n) is 17.7. The Hall–Kier alpha value is -3.25. The van der Waals surface area contributed by atoms with Crippen LogP contribution in [0, 0.1) is 10.1 Å². The summed E-state index contributed by atoms with van der Waals surface area (Å²) in [5.74, 6) is 1.23. The van der Waals surface area contributed by atoms with Crippen LogP contribution in [0.1, 0.15) is 34.1 Å². The number of fused-ring (bicyclic) bond motifs is 1. The van der Waals surface area contributed by atoms with Crippen molar-refractivity contribution in [2.75, 3.05) is 0 Å². The Kier molecular flexibility index (Phi) is 8.97. The van der Waals surface area contributed by atoms with Gasteiger partial charge in [-0.3, -0.25) is 15.1 Å². The predicted molar refractivity (Wildman–Crippen MR) is 126 cm³/mol. The molecule has 4 aromatic rings. The SMILES string of the molecule is CC.CCC.O=[N+]([O-])c1ccc(Oc2ccnc3cc(-c4ccccc4)sc23)cc1. The molecular weight excluding hydrogens is 396 g/mol. The molecule has 0 saturated carbocycles. The quantitative estimate of drug-likeness (QED) is 0.246. The molecule has 4 rings (SSSR count).